The van der Waals surface area contributed by atoms with Crippen molar-refractivity contribution in [1.29, 1.82) is 0 Å². The molecule has 18 heavy (non-hydrogen) atoms. The minimum atomic E-state index is 0.363. The highest BCUT2D eigenvalue weighted by atomic mass is 32.1. The van der Waals surface area contributed by atoms with E-state index in [2.05, 4.69) is 36.1 Å². The van der Waals surface area contributed by atoms with E-state index >= 15 is 0 Å². The van der Waals surface area contributed by atoms with E-state index in [1.807, 2.05) is 11.3 Å². The van der Waals surface area contributed by atoms with Crippen molar-refractivity contribution >= 4 is 11.3 Å². The topological polar surface area (TPSA) is 3.24 Å². The normalized spacial score (nSPS) is 24.3. The van der Waals surface area contributed by atoms with E-state index in [1.165, 1.54) is 49.9 Å². The molecule has 1 fully saturated rings. The molecule has 98 valence electrons. The number of rotatable bonds is 2. The van der Waals surface area contributed by atoms with Crippen molar-refractivity contribution in [3.05, 3.63) is 34.0 Å². The van der Waals surface area contributed by atoms with Gasteiger partial charge in [0.25, 0.3) is 0 Å². The Kier molecular flexibility index (Phi) is 3.58. The Bertz CT molecular complexity index is 426. The van der Waals surface area contributed by atoms with Crippen LogP contribution in [0, 0.1) is 6.92 Å². The van der Waals surface area contributed by atoms with Crippen LogP contribution in [0.4, 0.5) is 0 Å². The first-order valence-corrected chi connectivity index (χ1v) is 8.10. The van der Waals surface area contributed by atoms with Gasteiger partial charge < -0.3 is 0 Å². The zero-order valence-corrected chi connectivity index (χ0v) is 12.1. The van der Waals surface area contributed by atoms with Gasteiger partial charge in [-0.05, 0) is 38.3 Å². The summed E-state index contributed by atoms with van der Waals surface area (Å²) in [7, 11) is 0. The Labute approximate surface area is 115 Å². The number of nitrogens with zero attached hydrogens (tertiary/aromatic N) is 1. The molecule has 1 aromatic rings. The predicted octanol–water partition coefficient (Wildman–Crippen LogP) is 4.48. The maximum atomic E-state index is 2.75. The van der Waals surface area contributed by atoms with Gasteiger partial charge in [-0.15, -0.1) is 11.3 Å². The third-order valence-corrected chi connectivity index (χ3v) is 5.74. The van der Waals surface area contributed by atoms with Gasteiger partial charge in [-0.3, -0.25) is 4.90 Å². The highest BCUT2D eigenvalue weighted by Gasteiger charge is 2.40. The van der Waals surface area contributed by atoms with E-state index in [4.69, 9.17) is 0 Å². The summed E-state index contributed by atoms with van der Waals surface area (Å²) < 4.78 is 0. The van der Waals surface area contributed by atoms with Gasteiger partial charge >= 0.3 is 0 Å². The Morgan fingerprint density at radius 3 is 2.56 bits per heavy atom. The largest absolute Gasteiger partial charge is 0.289 e. The van der Waals surface area contributed by atoms with Crippen LogP contribution in [0.3, 0.4) is 0 Å². The number of thiophene rings is 1. The molecule has 0 unspecified atom stereocenters. The summed E-state index contributed by atoms with van der Waals surface area (Å²) in [5, 5.41) is 0. The SMILES string of the molecule is Cc1ccc(C2(N3CC=CCC3)CCCCC2)s1. The molecule has 0 aromatic carbocycles. The molecule has 0 radical (unpaired) electrons. The molecule has 0 atom stereocenters. The highest BCUT2D eigenvalue weighted by molar-refractivity contribution is 7.12. The smallest absolute Gasteiger partial charge is 0.0556 e. The van der Waals surface area contributed by atoms with Crippen LogP contribution in [-0.2, 0) is 5.54 Å². The van der Waals surface area contributed by atoms with Crippen LogP contribution in [0.15, 0.2) is 24.3 Å². The summed E-state index contributed by atoms with van der Waals surface area (Å²) in [5.41, 5.74) is 0.363. The molecule has 1 aliphatic carbocycles. The third kappa shape index (κ3) is 2.17. The Balaban J connectivity index is 1.94. The number of aryl methyl sites for hydroxylation is 1. The Hall–Kier alpha value is -0.600. The van der Waals surface area contributed by atoms with Crippen molar-refractivity contribution in [3.8, 4) is 0 Å². The predicted molar refractivity (Wildman–Crippen MR) is 79.1 cm³/mol. The second kappa shape index (κ2) is 5.18. The quantitative estimate of drug-likeness (QED) is 0.710. The molecule has 0 amide bonds. The molecule has 0 spiro atoms. The van der Waals surface area contributed by atoms with Gasteiger partial charge in [-0.2, -0.15) is 0 Å². The summed E-state index contributed by atoms with van der Waals surface area (Å²) in [6, 6.07) is 4.69. The summed E-state index contributed by atoms with van der Waals surface area (Å²) in [6.45, 7) is 4.63. The van der Waals surface area contributed by atoms with Crippen molar-refractivity contribution in [2.24, 2.45) is 0 Å². The fourth-order valence-corrected chi connectivity index (χ4v) is 4.71. The van der Waals surface area contributed by atoms with Gasteiger partial charge in [0.05, 0.1) is 5.54 Å². The molecular formula is C16H23NS. The van der Waals surface area contributed by atoms with E-state index in [1.54, 1.807) is 4.88 Å². The van der Waals surface area contributed by atoms with Crippen molar-refractivity contribution in [2.45, 2.75) is 51.0 Å². The molecular weight excluding hydrogens is 238 g/mol. The van der Waals surface area contributed by atoms with Gasteiger partial charge in [0.15, 0.2) is 0 Å². The van der Waals surface area contributed by atoms with Crippen LogP contribution < -0.4 is 0 Å². The van der Waals surface area contributed by atoms with Crippen LogP contribution in [-0.4, -0.2) is 18.0 Å². The fourth-order valence-electron chi connectivity index (χ4n) is 3.57. The van der Waals surface area contributed by atoms with E-state index in [0.717, 1.165) is 6.54 Å². The average molecular weight is 261 g/mol. The molecule has 3 rings (SSSR count). The molecule has 2 heteroatoms. The first-order chi connectivity index (χ1) is 8.81. The van der Waals surface area contributed by atoms with Crippen LogP contribution in [0.25, 0.3) is 0 Å². The van der Waals surface area contributed by atoms with E-state index in [-0.39, 0.29) is 0 Å². The average Bonchev–Trinajstić information content (AvgIpc) is 2.88. The summed E-state index contributed by atoms with van der Waals surface area (Å²) in [4.78, 5) is 5.83. The first kappa shape index (κ1) is 12.4. The van der Waals surface area contributed by atoms with Gasteiger partial charge in [0, 0.05) is 22.8 Å². The number of hydrogen-bond donors (Lipinski definition) is 0. The molecule has 1 saturated carbocycles. The molecule has 0 saturated heterocycles. The van der Waals surface area contributed by atoms with Crippen LogP contribution in [0.5, 0.6) is 0 Å². The maximum Gasteiger partial charge on any atom is 0.0556 e. The lowest BCUT2D eigenvalue weighted by atomic mass is 9.78. The monoisotopic (exact) mass is 261 g/mol. The van der Waals surface area contributed by atoms with Crippen molar-refractivity contribution < 1.29 is 0 Å². The van der Waals surface area contributed by atoms with Gasteiger partial charge in [0.1, 0.15) is 0 Å². The molecule has 2 aliphatic rings. The van der Waals surface area contributed by atoms with Crippen molar-refractivity contribution in [1.82, 2.24) is 4.90 Å². The van der Waals surface area contributed by atoms with Gasteiger partial charge in [-0.25, -0.2) is 0 Å². The summed E-state index contributed by atoms with van der Waals surface area (Å²) in [6.07, 6.45) is 12.9. The van der Waals surface area contributed by atoms with E-state index in [9.17, 15) is 0 Å². The van der Waals surface area contributed by atoms with Crippen molar-refractivity contribution in [3.63, 3.8) is 0 Å². The molecule has 2 heterocycles. The molecule has 0 N–H and O–H groups in total. The summed E-state index contributed by atoms with van der Waals surface area (Å²) in [5.74, 6) is 0. The number of hydrogen-bond acceptors (Lipinski definition) is 2. The zero-order valence-electron chi connectivity index (χ0n) is 11.3. The summed E-state index contributed by atoms with van der Waals surface area (Å²) >= 11 is 2.02. The molecule has 1 nitrogen and oxygen atoms in total. The minimum Gasteiger partial charge on any atom is -0.289 e. The molecule has 1 aliphatic heterocycles. The van der Waals surface area contributed by atoms with Crippen LogP contribution >= 0.6 is 11.3 Å². The Morgan fingerprint density at radius 1 is 1.11 bits per heavy atom. The standard InChI is InChI=1S/C16H23NS/c1-14-8-9-15(18-14)16(10-4-2-5-11-16)17-12-6-3-7-13-17/h3,6,8-9H,2,4-5,7,10-13H2,1H3. The van der Waals surface area contributed by atoms with Gasteiger partial charge in [0.2, 0.25) is 0 Å². The van der Waals surface area contributed by atoms with Crippen LogP contribution in [0.1, 0.15) is 48.3 Å². The van der Waals surface area contributed by atoms with E-state index in [0.29, 0.717) is 5.54 Å². The van der Waals surface area contributed by atoms with Crippen molar-refractivity contribution in [2.75, 3.05) is 13.1 Å². The lowest BCUT2D eigenvalue weighted by Crippen LogP contribution is -2.48. The van der Waals surface area contributed by atoms with Gasteiger partial charge in [-0.1, -0.05) is 31.4 Å². The molecule has 0 bridgehead atoms. The lowest BCUT2D eigenvalue weighted by Gasteiger charge is -2.46. The Morgan fingerprint density at radius 2 is 1.94 bits per heavy atom. The minimum absolute atomic E-state index is 0.363. The lowest BCUT2D eigenvalue weighted by molar-refractivity contribution is 0.0591. The second-order valence-corrected chi connectivity index (χ2v) is 7.00. The maximum absolute atomic E-state index is 2.75. The third-order valence-electron chi connectivity index (χ3n) is 4.54. The molecule has 1 aromatic heterocycles. The highest BCUT2D eigenvalue weighted by Crippen LogP contribution is 2.45. The zero-order chi connectivity index (χ0) is 12.4. The second-order valence-electron chi connectivity index (χ2n) is 5.71. The first-order valence-electron chi connectivity index (χ1n) is 7.28. The van der Waals surface area contributed by atoms with E-state index < -0.39 is 0 Å². The van der Waals surface area contributed by atoms with Crippen LogP contribution in [0.2, 0.25) is 0 Å². The fraction of sp³-hybridized carbons (Fsp3) is 0.625.